The predicted octanol–water partition coefficient (Wildman–Crippen LogP) is 2.94. The number of nitrogens with one attached hydrogen (secondary N) is 2. The third-order valence-electron chi connectivity index (χ3n) is 5.18. The SMILES string of the molecule is CCOC(=O)C1=C(COC(=O)c2cc3c(s2)CC[C@H](CC)C3)NC(=O)N[C@H]1C. The van der Waals surface area contributed by atoms with Crippen molar-refractivity contribution in [2.75, 3.05) is 13.2 Å². The highest BCUT2D eigenvalue weighted by Crippen LogP contribution is 2.33. The second kappa shape index (κ2) is 8.77. The molecule has 0 radical (unpaired) electrons. The number of carbonyl (C=O) groups is 3. The lowest BCUT2D eigenvalue weighted by Crippen LogP contribution is -2.50. The van der Waals surface area contributed by atoms with E-state index in [9.17, 15) is 14.4 Å². The number of esters is 2. The molecule has 2 N–H and O–H groups in total. The molecule has 0 saturated carbocycles. The molecule has 0 bridgehead atoms. The molecular weight excluding hydrogens is 380 g/mol. The lowest BCUT2D eigenvalue weighted by atomic mass is 9.87. The van der Waals surface area contributed by atoms with Crippen LogP contribution in [-0.4, -0.2) is 37.2 Å². The summed E-state index contributed by atoms with van der Waals surface area (Å²) in [7, 11) is 0. The van der Waals surface area contributed by atoms with Crippen LogP contribution in [0.4, 0.5) is 4.79 Å². The summed E-state index contributed by atoms with van der Waals surface area (Å²) in [6.45, 7) is 5.62. The number of urea groups is 1. The molecule has 2 amide bonds. The fourth-order valence-electron chi connectivity index (χ4n) is 3.65. The minimum Gasteiger partial charge on any atom is -0.463 e. The highest BCUT2D eigenvalue weighted by Gasteiger charge is 2.30. The molecule has 2 atom stereocenters. The molecule has 8 heteroatoms. The first-order valence-electron chi connectivity index (χ1n) is 9.69. The number of thiophene rings is 1. The molecule has 7 nitrogen and oxygen atoms in total. The largest absolute Gasteiger partial charge is 0.463 e. The summed E-state index contributed by atoms with van der Waals surface area (Å²) in [6.07, 6.45) is 4.31. The molecule has 28 heavy (non-hydrogen) atoms. The molecule has 1 aromatic heterocycles. The Balaban J connectivity index is 1.72. The summed E-state index contributed by atoms with van der Waals surface area (Å²) in [4.78, 5) is 38.4. The van der Waals surface area contributed by atoms with Gasteiger partial charge in [-0.2, -0.15) is 0 Å². The van der Waals surface area contributed by atoms with E-state index in [1.807, 2.05) is 6.07 Å². The van der Waals surface area contributed by atoms with E-state index in [1.165, 1.54) is 21.8 Å². The number of aryl methyl sites for hydroxylation is 1. The Bertz CT molecular complexity index is 814. The van der Waals surface area contributed by atoms with Crippen LogP contribution in [0, 0.1) is 5.92 Å². The van der Waals surface area contributed by atoms with Crippen molar-refractivity contribution in [3.8, 4) is 0 Å². The Morgan fingerprint density at radius 3 is 2.75 bits per heavy atom. The van der Waals surface area contributed by atoms with Gasteiger partial charge in [-0.15, -0.1) is 11.3 Å². The van der Waals surface area contributed by atoms with E-state index in [0.29, 0.717) is 10.8 Å². The van der Waals surface area contributed by atoms with Crippen molar-refractivity contribution >= 4 is 29.3 Å². The van der Waals surface area contributed by atoms with Gasteiger partial charge in [0, 0.05) is 4.88 Å². The summed E-state index contributed by atoms with van der Waals surface area (Å²) >= 11 is 1.48. The first-order chi connectivity index (χ1) is 13.4. The number of ether oxygens (including phenoxy) is 2. The van der Waals surface area contributed by atoms with Gasteiger partial charge in [-0.05, 0) is 50.7 Å². The highest BCUT2D eigenvalue weighted by molar-refractivity contribution is 7.14. The van der Waals surface area contributed by atoms with Gasteiger partial charge < -0.3 is 20.1 Å². The molecule has 0 unspecified atom stereocenters. The standard InChI is InChI=1S/C20H26N2O5S/c1-4-12-6-7-15-13(8-12)9-16(28-15)18(23)27-10-14-17(19(24)26-5-2)11(3)21-20(25)22-14/h9,11-12H,4-8,10H2,1-3H3,(H2,21,22,25)/t11-,12-/m0/s1. The van der Waals surface area contributed by atoms with Gasteiger partial charge in [0.05, 0.1) is 23.9 Å². The lowest BCUT2D eigenvalue weighted by molar-refractivity contribution is -0.139. The van der Waals surface area contributed by atoms with Crippen LogP contribution in [0.15, 0.2) is 17.3 Å². The van der Waals surface area contributed by atoms with Crippen LogP contribution in [0.5, 0.6) is 0 Å². The van der Waals surface area contributed by atoms with E-state index < -0.39 is 24.0 Å². The number of fused-ring (bicyclic) bond motifs is 1. The molecule has 0 spiro atoms. The van der Waals surface area contributed by atoms with Crippen molar-refractivity contribution < 1.29 is 23.9 Å². The smallest absolute Gasteiger partial charge is 0.348 e. The van der Waals surface area contributed by atoms with Crippen LogP contribution in [0.1, 0.15) is 53.7 Å². The van der Waals surface area contributed by atoms with Gasteiger partial charge in [0.2, 0.25) is 0 Å². The van der Waals surface area contributed by atoms with E-state index in [-0.39, 0.29) is 24.5 Å². The zero-order chi connectivity index (χ0) is 20.3. The quantitative estimate of drug-likeness (QED) is 0.709. The first-order valence-corrected chi connectivity index (χ1v) is 10.5. The molecule has 152 valence electrons. The maximum atomic E-state index is 12.5. The maximum absolute atomic E-state index is 12.5. The summed E-state index contributed by atoms with van der Waals surface area (Å²) in [5.74, 6) is -0.302. The lowest BCUT2D eigenvalue weighted by Gasteiger charge is -2.26. The van der Waals surface area contributed by atoms with Crippen molar-refractivity contribution in [1.82, 2.24) is 10.6 Å². The van der Waals surface area contributed by atoms with E-state index in [4.69, 9.17) is 9.47 Å². The normalized spacial score (nSPS) is 21.5. The number of hydrogen-bond acceptors (Lipinski definition) is 6. The Morgan fingerprint density at radius 1 is 1.25 bits per heavy atom. The van der Waals surface area contributed by atoms with Crippen LogP contribution in [0.3, 0.4) is 0 Å². The first kappa shape index (κ1) is 20.4. The van der Waals surface area contributed by atoms with E-state index in [2.05, 4.69) is 17.6 Å². The summed E-state index contributed by atoms with van der Waals surface area (Å²) < 4.78 is 10.5. The molecule has 2 aliphatic rings. The van der Waals surface area contributed by atoms with Gasteiger partial charge in [0.25, 0.3) is 0 Å². The fraction of sp³-hybridized carbons (Fsp3) is 0.550. The van der Waals surface area contributed by atoms with Crippen LogP contribution in [0.25, 0.3) is 0 Å². The van der Waals surface area contributed by atoms with E-state index in [0.717, 1.165) is 25.7 Å². The average Bonchev–Trinajstić information content (AvgIpc) is 3.08. The van der Waals surface area contributed by atoms with Crippen molar-refractivity contribution in [2.24, 2.45) is 5.92 Å². The van der Waals surface area contributed by atoms with Gasteiger partial charge in [0.15, 0.2) is 0 Å². The van der Waals surface area contributed by atoms with E-state index in [1.54, 1.807) is 13.8 Å². The van der Waals surface area contributed by atoms with Crippen LogP contribution in [-0.2, 0) is 27.1 Å². The predicted molar refractivity (Wildman–Crippen MR) is 105 cm³/mol. The minimum atomic E-state index is -0.536. The molecular formula is C20H26N2O5S. The Kier molecular flexibility index (Phi) is 6.39. The molecule has 1 aromatic rings. The molecule has 1 aliphatic carbocycles. The molecule has 0 aromatic carbocycles. The number of hydrogen-bond donors (Lipinski definition) is 2. The zero-order valence-corrected chi connectivity index (χ0v) is 17.2. The molecule has 3 rings (SSSR count). The van der Waals surface area contributed by atoms with Crippen molar-refractivity contribution in [3.05, 3.63) is 32.7 Å². The van der Waals surface area contributed by atoms with Gasteiger partial charge in [-0.25, -0.2) is 14.4 Å². The topological polar surface area (TPSA) is 93.7 Å². The molecule has 0 fully saturated rings. The third-order valence-corrected chi connectivity index (χ3v) is 6.39. The maximum Gasteiger partial charge on any atom is 0.348 e. The van der Waals surface area contributed by atoms with Crippen LogP contribution < -0.4 is 10.6 Å². The summed E-state index contributed by atoms with van der Waals surface area (Å²) in [5.41, 5.74) is 1.77. The van der Waals surface area contributed by atoms with Gasteiger partial charge in [0.1, 0.15) is 11.5 Å². The van der Waals surface area contributed by atoms with Crippen LogP contribution in [0.2, 0.25) is 0 Å². The van der Waals surface area contributed by atoms with Crippen molar-refractivity contribution in [1.29, 1.82) is 0 Å². The number of amides is 2. The Hall–Kier alpha value is -2.35. The monoisotopic (exact) mass is 406 g/mol. The van der Waals surface area contributed by atoms with E-state index >= 15 is 0 Å². The van der Waals surface area contributed by atoms with Gasteiger partial charge in [-0.1, -0.05) is 13.3 Å². The minimum absolute atomic E-state index is 0.190. The van der Waals surface area contributed by atoms with Crippen molar-refractivity contribution in [3.63, 3.8) is 0 Å². The summed E-state index contributed by atoms with van der Waals surface area (Å²) in [5, 5.41) is 5.17. The molecule has 2 heterocycles. The second-order valence-corrected chi connectivity index (χ2v) is 8.22. The highest BCUT2D eigenvalue weighted by atomic mass is 32.1. The van der Waals surface area contributed by atoms with Crippen molar-refractivity contribution in [2.45, 2.75) is 52.5 Å². The molecule has 0 saturated heterocycles. The van der Waals surface area contributed by atoms with Gasteiger partial charge in [-0.3, -0.25) is 0 Å². The third kappa shape index (κ3) is 4.38. The second-order valence-electron chi connectivity index (χ2n) is 7.09. The average molecular weight is 407 g/mol. The fourth-order valence-corrected chi connectivity index (χ4v) is 4.75. The van der Waals surface area contributed by atoms with Crippen LogP contribution >= 0.6 is 11.3 Å². The Labute approximate surface area is 168 Å². The number of rotatable bonds is 6. The summed E-state index contributed by atoms with van der Waals surface area (Å²) in [6, 6.07) is 0.958. The molecule has 1 aliphatic heterocycles. The number of carbonyl (C=O) groups excluding carboxylic acids is 3. The van der Waals surface area contributed by atoms with Gasteiger partial charge >= 0.3 is 18.0 Å². The Morgan fingerprint density at radius 2 is 2.04 bits per heavy atom. The zero-order valence-electron chi connectivity index (χ0n) is 16.4.